The van der Waals surface area contributed by atoms with Gasteiger partial charge in [0.15, 0.2) is 11.7 Å². The molecule has 1 saturated heterocycles. The first-order valence-corrected chi connectivity index (χ1v) is 20.6. The average molecular weight is 766 g/mol. The molecule has 2 aliphatic heterocycles. The van der Waals surface area contributed by atoms with Crippen molar-refractivity contribution in [2.75, 3.05) is 33.1 Å². The van der Waals surface area contributed by atoms with E-state index in [0.29, 0.717) is 45.9 Å². The summed E-state index contributed by atoms with van der Waals surface area (Å²) in [6, 6.07) is 6.12. The van der Waals surface area contributed by atoms with E-state index in [0.717, 1.165) is 53.3 Å². The lowest BCUT2D eigenvalue weighted by molar-refractivity contribution is -0.118. The standard InChI is InChI=1S/C37H48FN5O4S.C4H10.C2H6/c1-8-11-32(23(4)45)42-36(41-24(5)47-21-37(20-44)14-10-15-43(37)6)33-22(3)26(9-2)34(31-19-46-18-30(31)33)27-13-12-25(38)16-28(27)29(17-39)35(40)48-7;1-3-4-2;1-2/h12-13,16,32,42,44H,3,8-11,14-15,18-21,40H2,1-2,4-7H3;3-4H2,1-2H3;1-2H3/b35-29-,36-33-,41-24+;;. The normalized spacial score (nSPS) is 18.2. The third-order valence-corrected chi connectivity index (χ3v) is 10.7. The summed E-state index contributed by atoms with van der Waals surface area (Å²) >= 11 is 1.23. The maximum atomic E-state index is 14.7. The SMILES string of the molecule is C=c1c(CC)c(-c2ccc(F)cc2/C(C#N)=C(/N)SC)c2c(/c1=C(/N=C(\C)OCC1(CO)CCCN1C)NC(CCC)C(C)=O)COC2.CC.CCCC. The first kappa shape index (κ1) is 46.5. The first-order chi connectivity index (χ1) is 25.9. The molecule has 2 heterocycles. The molecule has 11 heteroatoms. The zero-order valence-electron chi connectivity index (χ0n) is 34.4. The van der Waals surface area contributed by atoms with Gasteiger partial charge in [-0.3, -0.25) is 9.69 Å². The van der Waals surface area contributed by atoms with E-state index >= 15 is 0 Å². The maximum Gasteiger partial charge on any atom is 0.186 e. The van der Waals surface area contributed by atoms with Crippen LogP contribution in [-0.4, -0.2) is 66.3 Å². The second-order valence-corrected chi connectivity index (χ2v) is 14.4. The second kappa shape index (κ2) is 22.6. The molecular weight excluding hydrogens is 702 g/mol. The minimum Gasteiger partial charge on any atom is -0.479 e. The van der Waals surface area contributed by atoms with Crippen molar-refractivity contribution in [1.82, 2.24) is 10.2 Å². The van der Waals surface area contributed by atoms with Gasteiger partial charge in [-0.05, 0) is 97.6 Å². The van der Waals surface area contributed by atoms with Gasteiger partial charge >= 0.3 is 0 Å². The van der Waals surface area contributed by atoms with Crippen LogP contribution >= 0.6 is 11.8 Å². The number of benzene rings is 2. The molecule has 0 radical (unpaired) electrons. The number of nitrogens with two attached hydrogens (primary N) is 1. The van der Waals surface area contributed by atoms with Gasteiger partial charge in [0.2, 0.25) is 0 Å². The van der Waals surface area contributed by atoms with E-state index in [9.17, 15) is 19.6 Å². The number of aliphatic imine (C=N–C) groups is 1. The number of Topliss-reactive ketones (excluding diaryl/α,β-unsaturated/α-hetero) is 1. The molecule has 0 aromatic heterocycles. The van der Waals surface area contributed by atoms with Crippen molar-refractivity contribution in [2.24, 2.45) is 10.7 Å². The van der Waals surface area contributed by atoms with E-state index < -0.39 is 17.4 Å². The third kappa shape index (κ3) is 11.0. The van der Waals surface area contributed by atoms with Crippen LogP contribution in [-0.2, 0) is 33.9 Å². The largest absolute Gasteiger partial charge is 0.479 e. The van der Waals surface area contributed by atoms with Crippen LogP contribution in [0.4, 0.5) is 4.39 Å². The topological polar surface area (TPSA) is 133 Å². The molecule has 1 fully saturated rings. The Morgan fingerprint density at radius 3 is 2.39 bits per heavy atom. The number of hydrogen-bond acceptors (Lipinski definition) is 10. The molecule has 0 aliphatic carbocycles. The number of hydrogen-bond donors (Lipinski definition) is 3. The van der Waals surface area contributed by atoms with E-state index in [2.05, 4.69) is 36.7 Å². The lowest BCUT2D eigenvalue weighted by Gasteiger charge is -2.33. The highest BCUT2D eigenvalue weighted by molar-refractivity contribution is 8.02. The Bertz CT molecular complexity index is 1800. The van der Waals surface area contributed by atoms with Crippen LogP contribution in [0.5, 0.6) is 0 Å². The lowest BCUT2D eigenvalue weighted by Crippen LogP contribution is -2.49. The number of ketones is 1. The van der Waals surface area contributed by atoms with Gasteiger partial charge in [0, 0.05) is 17.7 Å². The molecule has 298 valence electrons. The van der Waals surface area contributed by atoms with Crippen molar-refractivity contribution in [3.05, 3.63) is 61.7 Å². The predicted molar refractivity (Wildman–Crippen MR) is 223 cm³/mol. The molecule has 0 spiro atoms. The number of carbonyl (C=O) groups excluding carboxylic acids is 1. The van der Waals surface area contributed by atoms with E-state index in [1.165, 1.54) is 36.7 Å². The van der Waals surface area contributed by atoms with Gasteiger partial charge in [0.25, 0.3) is 0 Å². The van der Waals surface area contributed by atoms with Crippen LogP contribution in [0.15, 0.2) is 28.2 Å². The number of allylic oxidation sites excluding steroid dienone is 1. The van der Waals surface area contributed by atoms with Crippen LogP contribution in [0.2, 0.25) is 0 Å². The summed E-state index contributed by atoms with van der Waals surface area (Å²) in [6.45, 7) is 22.0. The predicted octanol–water partition coefficient (Wildman–Crippen LogP) is 7.15. The molecule has 0 saturated carbocycles. The van der Waals surface area contributed by atoms with E-state index in [1.807, 2.05) is 34.7 Å². The third-order valence-electron chi connectivity index (χ3n) is 10.1. The molecule has 2 unspecified atom stereocenters. The van der Waals surface area contributed by atoms with Gasteiger partial charge in [0.05, 0.1) is 42.0 Å². The van der Waals surface area contributed by atoms with Crippen molar-refractivity contribution < 1.29 is 23.8 Å². The van der Waals surface area contributed by atoms with Crippen molar-refractivity contribution in [1.29, 1.82) is 5.26 Å². The first-order valence-electron chi connectivity index (χ1n) is 19.4. The van der Waals surface area contributed by atoms with Crippen LogP contribution < -0.4 is 21.5 Å². The molecule has 9 nitrogen and oxygen atoms in total. The molecule has 2 aliphatic rings. The molecule has 0 bridgehead atoms. The Morgan fingerprint density at radius 1 is 1.20 bits per heavy atom. The summed E-state index contributed by atoms with van der Waals surface area (Å²) in [7, 11) is 1.99. The summed E-state index contributed by atoms with van der Waals surface area (Å²) in [5.41, 5.74) is 10.5. The highest BCUT2D eigenvalue weighted by Gasteiger charge is 2.39. The summed E-state index contributed by atoms with van der Waals surface area (Å²) in [4.78, 5) is 19.9. The highest BCUT2D eigenvalue weighted by atomic mass is 32.2. The number of rotatable bonds is 14. The smallest absolute Gasteiger partial charge is 0.186 e. The zero-order valence-corrected chi connectivity index (χ0v) is 35.2. The number of ether oxygens (including phenoxy) is 2. The number of aliphatic hydroxyl groups excluding tert-OH is 1. The number of carbonyl (C=O) groups is 1. The van der Waals surface area contributed by atoms with E-state index in [4.69, 9.17) is 20.2 Å². The fourth-order valence-electron chi connectivity index (χ4n) is 6.75. The number of nitrogens with one attached hydrogen (secondary N) is 1. The Hall–Kier alpha value is -3.69. The number of likely N-dealkylation sites (tertiary alicyclic amines) is 1. The molecule has 2 aromatic carbocycles. The number of unbranched alkanes of at least 4 members (excludes halogenated alkanes) is 1. The van der Waals surface area contributed by atoms with Crippen LogP contribution in [0.3, 0.4) is 0 Å². The molecular formula is C43H64FN5O4S. The van der Waals surface area contributed by atoms with E-state index in [1.54, 1.807) is 26.2 Å². The van der Waals surface area contributed by atoms with Gasteiger partial charge in [-0.1, -0.05) is 73.5 Å². The molecule has 0 amide bonds. The van der Waals surface area contributed by atoms with Crippen LogP contribution in [0, 0.1) is 17.1 Å². The zero-order chi connectivity index (χ0) is 40.6. The van der Waals surface area contributed by atoms with Gasteiger partial charge in [-0.15, -0.1) is 11.8 Å². The number of aliphatic hydroxyl groups is 1. The van der Waals surface area contributed by atoms with Crippen molar-refractivity contribution in [2.45, 2.75) is 125 Å². The van der Waals surface area contributed by atoms with Crippen molar-refractivity contribution >= 4 is 41.4 Å². The van der Waals surface area contributed by atoms with Gasteiger partial charge in [0.1, 0.15) is 24.3 Å². The average Bonchev–Trinajstić information content (AvgIpc) is 3.80. The molecule has 2 aromatic rings. The fraction of sp³-hybridized carbons (Fsp3) is 0.558. The molecule has 4 rings (SSSR count). The number of nitrogens with zero attached hydrogens (tertiary/aromatic N) is 3. The number of fused-ring (bicyclic) bond motifs is 1. The van der Waals surface area contributed by atoms with Crippen molar-refractivity contribution in [3.8, 4) is 17.2 Å². The number of likely N-dealkylation sites (N-methyl/N-ethyl adjacent to an activating group) is 1. The summed E-state index contributed by atoms with van der Waals surface area (Å²) in [5, 5.41) is 25.5. The Labute approximate surface area is 327 Å². The molecule has 54 heavy (non-hydrogen) atoms. The number of halogens is 1. The second-order valence-electron chi connectivity index (χ2n) is 13.5. The monoisotopic (exact) mass is 765 g/mol. The van der Waals surface area contributed by atoms with Crippen molar-refractivity contribution in [3.63, 3.8) is 0 Å². The van der Waals surface area contributed by atoms with Gasteiger partial charge in [-0.2, -0.15) is 5.26 Å². The Balaban J connectivity index is 0.00000157. The van der Waals surface area contributed by atoms with Crippen LogP contribution in [0.1, 0.15) is 116 Å². The van der Waals surface area contributed by atoms with Crippen LogP contribution in [0.25, 0.3) is 29.1 Å². The minimum absolute atomic E-state index is 0.0149. The summed E-state index contributed by atoms with van der Waals surface area (Å²) in [6.07, 6.45) is 8.16. The number of thioether (sulfide) groups is 1. The summed E-state index contributed by atoms with van der Waals surface area (Å²) in [5.74, 6) is 0.348. The van der Waals surface area contributed by atoms with Gasteiger partial charge < -0.3 is 25.6 Å². The maximum absolute atomic E-state index is 14.7. The Morgan fingerprint density at radius 2 is 1.87 bits per heavy atom. The fourth-order valence-corrected chi connectivity index (χ4v) is 7.11. The highest BCUT2D eigenvalue weighted by Crippen LogP contribution is 2.38. The van der Waals surface area contributed by atoms with E-state index in [-0.39, 0.29) is 37.8 Å². The van der Waals surface area contributed by atoms with Gasteiger partial charge in [-0.25, -0.2) is 9.38 Å². The quantitative estimate of drug-likeness (QED) is 0.104. The Kier molecular flexibility index (Phi) is 19.5. The lowest BCUT2D eigenvalue weighted by atomic mass is 9.84. The molecule has 2 atom stereocenters. The summed E-state index contributed by atoms with van der Waals surface area (Å²) < 4.78 is 27.0. The molecule has 4 N–H and O–H groups in total. The number of nitriles is 1. The minimum atomic E-state index is -0.491.